The van der Waals surface area contributed by atoms with Gasteiger partial charge in [0.1, 0.15) is 12.2 Å². The minimum atomic E-state index is -1.33. The maximum Gasteiger partial charge on any atom is 0.313 e. The van der Waals surface area contributed by atoms with Crippen LogP contribution >= 0.6 is 0 Å². The zero-order valence-corrected chi connectivity index (χ0v) is 10.8. The Morgan fingerprint density at radius 1 is 1.00 bits per heavy atom. The van der Waals surface area contributed by atoms with Crippen LogP contribution in [-0.4, -0.2) is 18.4 Å². The first-order chi connectivity index (χ1) is 8.81. The van der Waals surface area contributed by atoms with Crippen molar-refractivity contribution < 1.29 is 27.5 Å². The Bertz CT molecular complexity index is 509. The van der Waals surface area contributed by atoms with Crippen molar-refractivity contribution in [2.45, 2.75) is 27.2 Å². The van der Waals surface area contributed by atoms with E-state index in [2.05, 4.69) is 4.74 Å². The number of hydrogen-bond acceptors (Lipinski definition) is 3. The van der Waals surface area contributed by atoms with Gasteiger partial charge in [-0.3, -0.25) is 9.59 Å². The summed E-state index contributed by atoms with van der Waals surface area (Å²) in [6, 6.07) is 0. The van der Waals surface area contributed by atoms with Crippen LogP contribution in [0.2, 0.25) is 0 Å². The largest absolute Gasteiger partial charge is 0.466 e. The predicted octanol–water partition coefficient (Wildman–Crippen LogP) is 2.86. The highest BCUT2D eigenvalue weighted by molar-refractivity contribution is 6.07. The van der Waals surface area contributed by atoms with E-state index in [1.165, 1.54) is 0 Å². The van der Waals surface area contributed by atoms with Gasteiger partial charge in [0.05, 0.1) is 12.2 Å². The Morgan fingerprint density at radius 3 is 2.05 bits per heavy atom. The van der Waals surface area contributed by atoms with Crippen LogP contribution in [0.25, 0.3) is 0 Å². The average Bonchev–Trinajstić information content (AvgIpc) is 2.34. The van der Waals surface area contributed by atoms with Gasteiger partial charge in [-0.1, -0.05) is 0 Å². The molecule has 1 rings (SSSR count). The number of rotatable bonds is 4. The van der Waals surface area contributed by atoms with Crippen LogP contribution in [0.3, 0.4) is 0 Å². The van der Waals surface area contributed by atoms with Crippen LogP contribution in [-0.2, 0) is 9.53 Å². The summed E-state index contributed by atoms with van der Waals surface area (Å²) in [6.07, 6.45) is -0.712. The lowest BCUT2D eigenvalue weighted by Gasteiger charge is -2.11. The van der Waals surface area contributed by atoms with Crippen LogP contribution in [0, 0.1) is 31.3 Å². The number of ketones is 1. The third-order valence-corrected chi connectivity index (χ3v) is 2.66. The van der Waals surface area contributed by atoms with E-state index in [9.17, 15) is 22.8 Å². The number of carbonyl (C=O) groups is 2. The van der Waals surface area contributed by atoms with E-state index in [0.29, 0.717) is 0 Å². The molecule has 3 nitrogen and oxygen atoms in total. The molecule has 0 atom stereocenters. The third-order valence-electron chi connectivity index (χ3n) is 2.66. The number of esters is 1. The van der Waals surface area contributed by atoms with Crippen molar-refractivity contribution in [3.63, 3.8) is 0 Å². The zero-order chi connectivity index (χ0) is 14.7. The Morgan fingerprint density at radius 2 is 1.53 bits per heavy atom. The molecule has 19 heavy (non-hydrogen) atoms. The van der Waals surface area contributed by atoms with Gasteiger partial charge in [0, 0.05) is 11.1 Å². The molecule has 0 bridgehead atoms. The molecule has 0 aliphatic heterocycles. The van der Waals surface area contributed by atoms with Crippen LogP contribution in [0.5, 0.6) is 0 Å². The van der Waals surface area contributed by atoms with E-state index in [1.807, 2.05) is 0 Å². The molecule has 0 radical (unpaired) electrons. The molecule has 6 heteroatoms. The maximum atomic E-state index is 13.8. The highest BCUT2D eigenvalue weighted by atomic mass is 19.2. The number of Topliss-reactive ketones (excluding diaryl/α,β-unsaturated/α-hetero) is 1. The number of halogens is 3. The van der Waals surface area contributed by atoms with Crippen molar-refractivity contribution in [3.05, 3.63) is 34.1 Å². The molecule has 0 heterocycles. The molecule has 0 unspecified atom stereocenters. The lowest BCUT2D eigenvalue weighted by molar-refractivity contribution is -0.141. The summed E-state index contributed by atoms with van der Waals surface area (Å²) in [6.45, 7) is 3.73. The van der Waals surface area contributed by atoms with Crippen LogP contribution in [0.15, 0.2) is 0 Å². The highest BCUT2D eigenvalue weighted by Crippen LogP contribution is 2.25. The van der Waals surface area contributed by atoms with Gasteiger partial charge in [0.25, 0.3) is 0 Å². The highest BCUT2D eigenvalue weighted by Gasteiger charge is 2.25. The first-order valence-corrected chi connectivity index (χ1v) is 5.63. The first-order valence-electron chi connectivity index (χ1n) is 5.63. The summed E-state index contributed by atoms with van der Waals surface area (Å²) in [7, 11) is 0. The number of ether oxygens (including phenoxy) is 1. The molecule has 0 aliphatic rings. The SMILES string of the molecule is CCOC(=O)CC(=O)c1c(C)c(F)c(F)c(C)c1F. The Labute approximate surface area is 108 Å². The van der Waals surface area contributed by atoms with Crippen LogP contribution in [0.4, 0.5) is 13.2 Å². The second kappa shape index (κ2) is 5.86. The van der Waals surface area contributed by atoms with Gasteiger partial charge in [-0.25, -0.2) is 13.2 Å². The standard InChI is InChI=1S/C13H13F3O3/c1-4-19-9(18)5-8(17)10-6(2)12(15)13(16)7(3)11(10)14/h4-5H2,1-3H3. The van der Waals surface area contributed by atoms with Gasteiger partial charge >= 0.3 is 5.97 Å². The van der Waals surface area contributed by atoms with E-state index < -0.39 is 52.3 Å². The van der Waals surface area contributed by atoms with Gasteiger partial charge in [0.15, 0.2) is 17.4 Å². The molecule has 0 saturated carbocycles. The van der Waals surface area contributed by atoms with Crippen molar-refractivity contribution in [1.29, 1.82) is 0 Å². The molecule has 1 aromatic rings. The topological polar surface area (TPSA) is 43.4 Å². The molecule has 0 aromatic heterocycles. The minimum Gasteiger partial charge on any atom is -0.466 e. The lowest BCUT2D eigenvalue weighted by atomic mass is 9.98. The molecule has 104 valence electrons. The lowest BCUT2D eigenvalue weighted by Crippen LogP contribution is -2.16. The van der Waals surface area contributed by atoms with E-state index in [0.717, 1.165) is 13.8 Å². The summed E-state index contributed by atoms with van der Waals surface area (Å²) >= 11 is 0. The molecule has 0 N–H and O–H groups in total. The fourth-order valence-electron chi connectivity index (χ4n) is 1.65. The van der Waals surface area contributed by atoms with Crippen molar-refractivity contribution in [3.8, 4) is 0 Å². The Balaban J connectivity index is 3.21. The fourth-order valence-corrected chi connectivity index (χ4v) is 1.65. The van der Waals surface area contributed by atoms with Gasteiger partial charge < -0.3 is 4.74 Å². The molecule has 0 spiro atoms. The molecule has 0 fully saturated rings. The third kappa shape index (κ3) is 2.94. The Hall–Kier alpha value is -1.85. The molecule has 0 saturated heterocycles. The zero-order valence-electron chi connectivity index (χ0n) is 10.8. The van der Waals surface area contributed by atoms with Crippen LogP contribution < -0.4 is 0 Å². The maximum absolute atomic E-state index is 13.8. The molecule has 1 aromatic carbocycles. The summed E-state index contributed by atoms with van der Waals surface area (Å²) in [5.74, 6) is -5.54. The van der Waals surface area contributed by atoms with E-state index in [-0.39, 0.29) is 6.61 Å². The number of hydrogen-bond donors (Lipinski definition) is 0. The molecule has 0 amide bonds. The second-order valence-electron chi connectivity index (χ2n) is 3.97. The predicted molar refractivity (Wildman–Crippen MR) is 61.4 cm³/mol. The average molecular weight is 274 g/mol. The minimum absolute atomic E-state index is 0.0738. The van der Waals surface area contributed by atoms with Gasteiger partial charge in [0.2, 0.25) is 0 Å². The van der Waals surface area contributed by atoms with Gasteiger partial charge in [-0.05, 0) is 20.8 Å². The number of carbonyl (C=O) groups excluding carboxylic acids is 2. The number of benzene rings is 1. The van der Waals surface area contributed by atoms with E-state index >= 15 is 0 Å². The fraction of sp³-hybridized carbons (Fsp3) is 0.385. The van der Waals surface area contributed by atoms with E-state index in [4.69, 9.17) is 0 Å². The quantitative estimate of drug-likeness (QED) is 0.367. The molecular weight excluding hydrogens is 261 g/mol. The van der Waals surface area contributed by atoms with Crippen molar-refractivity contribution in [2.24, 2.45) is 0 Å². The van der Waals surface area contributed by atoms with Gasteiger partial charge in [-0.15, -0.1) is 0 Å². The summed E-state index contributed by atoms with van der Waals surface area (Å²) in [4.78, 5) is 22.9. The Kier molecular flexibility index (Phi) is 4.69. The normalized spacial score (nSPS) is 10.4. The molecular formula is C13H13F3O3. The smallest absolute Gasteiger partial charge is 0.313 e. The van der Waals surface area contributed by atoms with Gasteiger partial charge in [-0.2, -0.15) is 0 Å². The van der Waals surface area contributed by atoms with Crippen LogP contribution in [0.1, 0.15) is 34.8 Å². The van der Waals surface area contributed by atoms with E-state index in [1.54, 1.807) is 6.92 Å². The summed E-state index contributed by atoms with van der Waals surface area (Å²) in [5, 5.41) is 0. The first kappa shape index (κ1) is 15.2. The summed E-state index contributed by atoms with van der Waals surface area (Å²) < 4.78 is 45.1. The van der Waals surface area contributed by atoms with Crippen molar-refractivity contribution in [2.75, 3.05) is 6.61 Å². The van der Waals surface area contributed by atoms with Crippen molar-refractivity contribution >= 4 is 11.8 Å². The monoisotopic (exact) mass is 274 g/mol. The molecule has 0 aliphatic carbocycles. The van der Waals surface area contributed by atoms with Crippen molar-refractivity contribution in [1.82, 2.24) is 0 Å². The second-order valence-corrected chi connectivity index (χ2v) is 3.97. The summed E-state index contributed by atoms with van der Waals surface area (Å²) in [5.41, 5.74) is -1.64.